The monoisotopic (exact) mass is 182 g/mol. The molecule has 3 rings (SSSR count). The van der Waals surface area contributed by atoms with E-state index in [0.29, 0.717) is 0 Å². The van der Waals surface area contributed by atoms with Gasteiger partial charge >= 0.3 is 0 Å². The fourth-order valence-electron chi connectivity index (χ4n) is 2.58. The number of hydrogen-bond donors (Lipinski definition) is 0. The topological polar surface area (TPSA) is 0 Å². The molecule has 0 amide bonds. The van der Waals surface area contributed by atoms with Gasteiger partial charge in [0.2, 0.25) is 0 Å². The zero-order valence-corrected chi connectivity index (χ0v) is 8.19. The molecule has 0 N–H and O–H groups in total. The van der Waals surface area contributed by atoms with Crippen molar-refractivity contribution in [3.05, 3.63) is 53.6 Å². The summed E-state index contributed by atoms with van der Waals surface area (Å²) in [4.78, 5) is 0. The molecule has 1 saturated carbocycles. The van der Waals surface area contributed by atoms with Crippen molar-refractivity contribution in [2.75, 3.05) is 0 Å². The van der Waals surface area contributed by atoms with Gasteiger partial charge in [0.1, 0.15) is 0 Å². The molecule has 0 heteroatoms. The summed E-state index contributed by atoms with van der Waals surface area (Å²) >= 11 is 0. The van der Waals surface area contributed by atoms with Crippen molar-refractivity contribution in [1.29, 1.82) is 0 Å². The molecular formula is C14H14. The van der Waals surface area contributed by atoms with Crippen LogP contribution in [0.2, 0.25) is 0 Å². The molecule has 0 radical (unpaired) electrons. The molecule has 0 aliphatic heterocycles. The van der Waals surface area contributed by atoms with Crippen LogP contribution < -0.4 is 0 Å². The van der Waals surface area contributed by atoms with E-state index in [2.05, 4.69) is 48.6 Å². The van der Waals surface area contributed by atoms with Crippen LogP contribution >= 0.6 is 0 Å². The average molecular weight is 182 g/mol. The van der Waals surface area contributed by atoms with E-state index in [9.17, 15) is 0 Å². The van der Waals surface area contributed by atoms with E-state index in [-0.39, 0.29) is 0 Å². The summed E-state index contributed by atoms with van der Waals surface area (Å²) in [5, 5.41) is 0. The van der Waals surface area contributed by atoms with Gasteiger partial charge in [-0.3, -0.25) is 0 Å². The Hall–Kier alpha value is -1.30. The lowest BCUT2D eigenvalue weighted by Gasteiger charge is -2.07. The SMILES string of the molecule is C1=CC2CC1C/C2=C\c1ccccc1. The van der Waals surface area contributed by atoms with Crippen LogP contribution in [0, 0.1) is 11.8 Å². The normalized spacial score (nSPS) is 31.6. The highest BCUT2D eigenvalue weighted by Gasteiger charge is 2.30. The molecule has 2 aliphatic carbocycles. The molecule has 2 unspecified atom stereocenters. The van der Waals surface area contributed by atoms with Crippen molar-refractivity contribution in [2.45, 2.75) is 12.8 Å². The average Bonchev–Trinajstić information content (AvgIpc) is 2.81. The van der Waals surface area contributed by atoms with Crippen LogP contribution in [-0.2, 0) is 0 Å². The van der Waals surface area contributed by atoms with Gasteiger partial charge in [0.05, 0.1) is 0 Å². The standard InChI is InChI=1S/C14H14/c1-2-4-11(5-3-1)8-14-10-12-6-7-13(14)9-12/h1-8,12-13H,9-10H2/b14-8+. The Morgan fingerprint density at radius 2 is 1.93 bits per heavy atom. The second kappa shape index (κ2) is 3.13. The van der Waals surface area contributed by atoms with E-state index < -0.39 is 0 Å². The van der Waals surface area contributed by atoms with E-state index >= 15 is 0 Å². The van der Waals surface area contributed by atoms with Crippen LogP contribution in [0.3, 0.4) is 0 Å². The largest absolute Gasteiger partial charge is 0.0845 e. The van der Waals surface area contributed by atoms with Crippen molar-refractivity contribution < 1.29 is 0 Å². The number of hydrogen-bond acceptors (Lipinski definition) is 0. The smallest absolute Gasteiger partial charge is 0.00139 e. The first-order chi connectivity index (χ1) is 6.92. The van der Waals surface area contributed by atoms with Crippen molar-refractivity contribution in [3.8, 4) is 0 Å². The summed E-state index contributed by atoms with van der Waals surface area (Å²) in [5.41, 5.74) is 2.98. The summed E-state index contributed by atoms with van der Waals surface area (Å²) in [7, 11) is 0. The highest BCUT2D eigenvalue weighted by molar-refractivity contribution is 5.55. The minimum absolute atomic E-state index is 0.750. The molecule has 2 atom stereocenters. The fraction of sp³-hybridized carbons (Fsp3) is 0.286. The van der Waals surface area contributed by atoms with E-state index in [1.165, 1.54) is 18.4 Å². The van der Waals surface area contributed by atoms with Crippen LogP contribution in [0.4, 0.5) is 0 Å². The first kappa shape index (κ1) is 8.05. The minimum atomic E-state index is 0.750. The Morgan fingerprint density at radius 3 is 2.57 bits per heavy atom. The Kier molecular flexibility index (Phi) is 1.80. The van der Waals surface area contributed by atoms with Gasteiger partial charge in [0.25, 0.3) is 0 Å². The Labute approximate surface area is 85.0 Å². The summed E-state index contributed by atoms with van der Waals surface area (Å²) in [6, 6.07) is 10.7. The van der Waals surface area contributed by atoms with Gasteiger partial charge in [-0.1, -0.05) is 54.1 Å². The molecule has 0 aromatic heterocycles. The number of rotatable bonds is 1. The zero-order valence-electron chi connectivity index (χ0n) is 8.19. The molecule has 0 saturated heterocycles. The zero-order chi connectivity index (χ0) is 9.38. The third kappa shape index (κ3) is 1.31. The predicted octanol–water partition coefficient (Wildman–Crippen LogP) is 3.67. The molecule has 0 nitrogen and oxygen atoms in total. The third-order valence-electron chi connectivity index (χ3n) is 3.30. The molecular weight excluding hydrogens is 168 g/mol. The lowest BCUT2D eigenvalue weighted by molar-refractivity contribution is 0.693. The number of benzene rings is 1. The second-order valence-electron chi connectivity index (χ2n) is 4.32. The van der Waals surface area contributed by atoms with E-state index in [4.69, 9.17) is 0 Å². The quantitative estimate of drug-likeness (QED) is 0.581. The number of fused-ring (bicyclic) bond motifs is 2. The molecule has 1 fully saturated rings. The molecule has 14 heavy (non-hydrogen) atoms. The first-order valence-electron chi connectivity index (χ1n) is 5.36. The Morgan fingerprint density at radius 1 is 1.07 bits per heavy atom. The van der Waals surface area contributed by atoms with Crippen molar-refractivity contribution >= 4 is 6.08 Å². The molecule has 0 heterocycles. The second-order valence-corrected chi connectivity index (χ2v) is 4.32. The highest BCUT2D eigenvalue weighted by Crippen LogP contribution is 2.43. The van der Waals surface area contributed by atoms with Gasteiger partial charge in [-0.25, -0.2) is 0 Å². The van der Waals surface area contributed by atoms with E-state index in [0.717, 1.165) is 11.8 Å². The summed E-state index contributed by atoms with van der Waals surface area (Å²) in [6.45, 7) is 0. The molecule has 70 valence electrons. The maximum Gasteiger partial charge on any atom is -0.00139 e. The molecule has 1 aromatic carbocycles. The first-order valence-corrected chi connectivity index (χ1v) is 5.36. The van der Waals surface area contributed by atoms with Crippen LogP contribution in [-0.4, -0.2) is 0 Å². The van der Waals surface area contributed by atoms with Crippen LogP contribution in [0.25, 0.3) is 6.08 Å². The fourth-order valence-corrected chi connectivity index (χ4v) is 2.58. The highest BCUT2D eigenvalue weighted by atomic mass is 14.3. The van der Waals surface area contributed by atoms with Gasteiger partial charge in [0, 0.05) is 0 Å². The summed E-state index contributed by atoms with van der Waals surface area (Å²) < 4.78 is 0. The molecule has 0 spiro atoms. The predicted molar refractivity (Wildman–Crippen MR) is 59.8 cm³/mol. The van der Waals surface area contributed by atoms with Crippen LogP contribution in [0.5, 0.6) is 0 Å². The summed E-state index contributed by atoms with van der Waals surface area (Å²) in [6.07, 6.45) is 9.78. The Bertz CT molecular complexity index is 384. The van der Waals surface area contributed by atoms with Crippen molar-refractivity contribution in [2.24, 2.45) is 11.8 Å². The summed E-state index contributed by atoms with van der Waals surface area (Å²) in [5.74, 6) is 1.59. The van der Waals surface area contributed by atoms with E-state index in [1.54, 1.807) is 5.57 Å². The lowest BCUT2D eigenvalue weighted by atomic mass is 9.98. The van der Waals surface area contributed by atoms with Gasteiger partial charge in [-0.05, 0) is 30.2 Å². The molecule has 2 aliphatic rings. The maximum atomic E-state index is 2.38. The van der Waals surface area contributed by atoms with Crippen molar-refractivity contribution in [1.82, 2.24) is 0 Å². The maximum absolute atomic E-state index is 2.38. The van der Waals surface area contributed by atoms with Gasteiger partial charge in [0.15, 0.2) is 0 Å². The van der Waals surface area contributed by atoms with Crippen LogP contribution in [0.1, 0.15) is 18.4 Å². The number of allylic oxidation sites excluding steroid dienone is 3. The molecule has 2 bridgehead atoms. The van der Waals surface area contributed by atoms with Crippen molar-refractivity contribution in [3.63, 3.8) is 0 Å². The van der Waals surface area contributed by atoms with Crippen LogP contribution in [0.15, 0.2) is 48.1 Å². The Balaban J connectivity index is 1.90. The lowest BCUT2D eigenvalue weighted by Crippen LogP contribution is -1.91. The van der Waals surface area contributed by atoms with Gasteiger partial charge in [-0.2, -0.15) is 0 Å². The molecule has 1 aromatic rings. The van der Waals surface area contributed by atoms with Gasteiger partial charge < -0.3 is 0 Å². The minimum Gasteiger partial charge on any atom is -0.0845 e. The van der Waals surface area contributed by atoms with E-state index in [1.807, 2.05) is 0 Å². The van der Waals surface area contributed by atoms with Gasteiger partial charge in [-0.15, -0.1) is 0 Å². The third-order valence-corrected chi connectivity index (χ3v) is 3.30.